The molecule has 0 bridgehead atoms. The first-order valence-electron chi connectivity index (χ1n) is 7.87. The third-order valence-electron chi connectivity index (χ3n) is 3.79. The molecule has 4 rings (SSSR count). The molecule has 4 aromatic rings. The summed E-state index contributed by atoms with van der Waals surface area (Å²) in [6, 6.07) is 14.9. The van der Waals surface area contributed by atoms with Gasteiger partial charge in [0.2, 0.25) is 11.3 Å². The minimum Gasteiger partial charge on any atom is -0.332 e. The van der Waals surface area contributed by atoms with E-state index >= 15 is 0 Å². The highest BCUT2D eigenvalue weighted by Crippen LogP contribution is 2.20. The van der Waals surface area contributed by atoms with Gasteiger partial charge in [0, 0.05) is 17.8 Å². The van der Waals surface area contributed by atoms with Crippen molar-refractivity contribution in [1.29, 1.82) is 0 Å². The number of rotatable bonds is 3. The van der Waals surface area contributed by atoms with E-state index in [0.29, 0.717) is 5.56 Å². The summed E-state index contributed by atoms with van der Waals surface area (Å²) >= 11 is 0. The first-order chi connectivity index (χ1) is 12.6. The average molecular weight is 348 g/mol. The Hall–Kier alpha value is -3.61. The second-order valence-electron chi connectivity index (χ2n) is 5.75. The van der Waals surface area contributed by atoms with Crippen molar-refractivity contribution in [1.82, 2.24) is 19.9 Å². The first-order valence-corrected chi connectivity index (χ1v) is 7.87. The molecule has 0 saturated heterocycles. The molecule has 26 heavy (non-hydrogen) atoms. The van der Waals surface area contributed by atoms with Gasteiger partial charge in [0.25, 0.3) is 5.89 Å². The van der Waals surface area contributed by atoms with Crippen LogP contribution in [0.25, 0.3) is 28.7 Å². The summed E-state index contributed by atoms with van der Waals surface area (Å²) in [6.07, 6.45) is 1.57. The van der Waals surface area contributed by atoms with Gasteiger partial charge in [-0.3, -0.25) is 4.79 Å². The molecule has 128 valence electrons. The van der Waals surface area contributed by atoms with Crippen molar-refractivity contribution in [2.24, 2.45) is 0 Å². The average Bonchev–Trinajstić information content (AvgIpc) is 3.12. The number of aromatic nitrogens is 4. The Morgan fingerprint density at radius 3 is 2.73 bits per heavy atom. The van der Waals surface area contributed by atoms with Gasteiger partial charge in [0.05, 0.1) is 5.69 Å². The van der Waals surface area contributed by atoms with E-state index in [-0.39, 0.29) is 22.8 Å². The van der Waals surface area contributed by atoms with E-state index < -0.39 is 5.82 Å². The molecule has 0 unspecified atom stereocenters. The zero-order valence-corrected chi connectivity index (χ0v) is 13.8. The molecular formula is C19H13FN4O2. The summed E-state index contributed by atoms with van der Waals surface area (Å²) in [5.41, 5.74) is 2.01. The summed E-state index contributed by atoms with van der Waals surface area (Å²) in [6.45, 7) is 1.97. The SMILES string of the molecule is Cc1cccc(-n2ccc(=O)c(-c3nc(-c4cccc(F)c4)no3)n2)c1. The van der Waals surface area contributed by atoms with Gasteiger partial charge in [-0.25, -0.2) is 9.07 Å². The lowest BCUT2D eigenvalue weighted by atomic mass is 10.2. The third kappa shape index (κ3) is 3.02. The van der Waals surface area contributed by atoms with E-state index in [4.69, 9.17) is 4.52 Å². The van der Waals surface area contributed by atoms with Crippen LogP contribution in [0.4, 0.5) is 4.39 Å². The lowest BCUT2D eigenvalue weighted by Crippen LogP contribution is -2.12. The van der Waals surface area contributed by atoms with Crippen molar-refractivity contribution in [3.63, 3.8) is 0 Å². The largest absolute Gasteiger partial charge is 0.332 e. The van der Waals surface area contributed by atoms with E-state index in [1.54, 1.807) is 23.0 Å². The predicted octanol–water partition coefficient (Wildman–Crippen LogP) is 3.40. The van der Waals surface area contributed by atoms with Crippen LogP contribution in [-0.4, -0.2) is 19.9 Å². The topological polar surface area (TPSA) is 73.8 Å². The number of benzene rings is 2. The lowest BCUT2D eigenvalue weighted by Gasteiger charge is -2.06. The number of aryl methyl sites for hydroxylation is 1. The summed E-state index contributed by atoms with van der Waals surface area (Å²) in [5.74, 6) is -0.239. The van der Waals surface area contributed by atoms with Crippen LogP contribution in [0.1, 0.15) is 5.56 Å². The number of nitrogens with zero attached hydrogens (tertiary/aromatic N) is 4. The first kappa shape index (κ1) is 15.9. The Morgan fingerprint density at radius 1 is 1.08 bits per heavy atom. The lowest BCUT2D eigenvalue weighted by molar-refractivity contribution is 0.429. The van der Waals surface area contributed by atoms with Crippen molar-refractivity contribution in [3.05, 3.63) is 82.4 Å². The van der Waals surface area contributed by atoms with Crippen LogP contribution >= 0.6 is 0 Å². The zero-order valence-electron chi connectivity index (χ0n) is 13.8. The summed E-state index contributed by atoms with van der Waals surface area (Å²) in [5, 5.41) is 8.13. The molecule has 0 radical (unpaired) electrons. The van der Waals surface area contributed by atoms with Crippen molar-refractivity contribution >= 4 is 0 Å². The Balaban J connectivity index is 1.77. The molecule has 0 N–H and O–H groups in total. The molecule has 6 nitrogen and oxygen atoms in total. The van der Waals surface area contributed by atoms with E-state index in [9.17, 15) is 9.18 Å². The number of halogens is 1. The molecule has 0 aliphatic carbocycles. The standard InChI is InChI=1S/C19H13FN4O2/c1-12-4-2-7-15(10-12)24-9-8-16(25)17(22-24)19-21-18(23-26-19)13-5-3-6-14(20)11-13/h2-11H,1H3. The van der Waals surface area contributed by atoms with E-state index in [1.165, 1.54) is 18.2 Å². The number of hydrogen-bond acceptors (Lipinski definition) is 5. The monoisotopic (exact) mass is 348 g/mol. The molecule has 2 aromatic carbocycles. The van der Waals surface area contributed by atoms with Crippen LogP contribution in [0.3, 0.4) is 0 Å². The molecule has 0 aliphatic rings. The summed E-state index contributed by atoms with van der Waals surface area (Å²) < 4.78 is 20.1. The van der Waals surface area contributed by atoms with Crippen LogP contribution in [-0.2, 0) is 0 Å². The second-order valence-corrected chi connectivity index (χ2v) is 5.75. The fraction of sp³-hybridized carbons (Fsp3) is 0.0526. The molecule has 2 aromatic heterocycles. The molecule has 0 saturated carbocycles. The number of hydrogen-bond donors (Lipinski definition) is 0. The summed E-state index contributed by atoms with van der Waals surface area (Å²) in [7, 11) is 0. The highest BCUT2D eigenvalue weighted by atomic mass is 19.1. The zero-order chi connectivity index (χ0) is 18.1. The molecule has 7 heteroatoms. The van der Waals surface area contributed by atoms with Crippen LogP contribution in [0, 0.1) is 12.7 Å². The normalized spacial score (nSPS) is 10.8. The smallest absolute Gasteiger partial charge is 0.282 e. The Kier molecular flexibility index (Phi) is 3.89. The maximum absolute atomic E-state index is 13.4. The predicted molar refractivity (Wildman–Crippen MR) is 93.3 cm³/mol. The van der Waals surface area contributed by atoms with Crippen LogP contribution in [0.15, 0.2) is 70.1 Å². The van der Waals surface area contributed by atoms with Crippen molar-refractivity contribution in [2.45, 2.75) is 6.92 Å². The van der Waals surface area contributed by atoms with Gasteiger partial charge >= 0.3 is 0 Å². The fourth-order valence-electron chi connectivity index (χ4n) is 2.53. The molecule has 0 atom stereocenters. The summed E-state index contributed by atoms with van der Waals surface area (Å²) in [4.78, 5) is 16.4. The fourth-order valence-corrected chi connectivity index (χ4v) is 2.53. The third-order valence-corrected chi connectivity index (χ3v) is 3.79. The van der Waals surface area contributed by atoms with Gasteiger partial charge in [-0.05, 0) is 36.8 Å². The van der Waals surface area contributed by atoms with Crippen LogP contribution in [0.2, 0.25) is 0 Å². The van der Waals surface area contributed by atoms with Crippen molar-refractivity contribution in [2.75, 3.05) is 0 Å². The van der Waals surface area contributed by atoms with Crippen LogP contribution in [0.5, 0.6) is 0 Å². The molecular weight excluding hydrogens is 335 g/mol. The Morgan fingerprint density at radius 2 is 1.92 bits per heavy atom. The van der Waals surface area contributed by atoms with Gasteiger partial charge < -0.3 is 4.52 Å². The molecule has 0 spiro atoms. The Labute approximate surface area is 147 Å². The van der Waals surface area contributed by atoms with E-state index in [0.717, 1.165) is 11.3 Å². The molecule has 2 heterocycles. The maximum atomic E-state index is 13.4. The quantitative estimate of drug-likeness (QED) is 0.567. The maximum Gasteiger partial charge on any atom is 0.282 e. The van der Waals surface area contributed by atoms with Gasteiger partial charge in [0.15, 0.2) is 5.69 Å². The van der Waals surface area contributed by atoms with Crippen molar-refractivity contribution < 1.29 is 8.91 Å². The van der Waals surface area contributed by atoms with E-state index in [2.05, 4.69) is 15.2 Å². The Bertz CT molecular complexity index is 1150. The molecule has 0 aliphatic heterocycles. The minimum atomic E-state index is -0.409. The highest BCUT2D eigenvalue weighted by molar-refractivity contribution is 5.57. The van der Waals surface area contributed by atoms with E-state index in [1.807, 2.05) is 31.2 Å². The molecule has 0 amide bonds. The highest BCUT2D eigenvalue weighted by Gasteiger charge is 2.16. The minimum absolute atomic E-state index is 0.0173. The van der Waals surface area contributed by atoms with Gasteiger partial charge in [-0.2, -0.15) is 10.1 Å². The second kappa shape index (κ2) is 6.36. The van der Waals surface area contributed by atoms with Gasteiger partial charge in [0.1, 0.15) is 5.82 Å². The van der Waals surface area contributed by atoms with Gasteiger partial charge in [-0.15, -0.1) is 0 Å². The van der Waals surface area contributed by atoms with Crippen LogP contribution < -0.4 is 5.43 Å². The van der Waals surface area contributed by atoms with Gasteiger partial charge in [-0.1, -0.05) is 29.4 Å². The van der Waals surface area contributed by atoms with Crippen molar-refractivity contribution in [3.8, 4) is 28.7 Å². The molecule has 0 fully saturated rings.